The van der Waals surface area contributed by atoms with Gasteiger partial charge in [0, 0.05) is 12.1 Å². The number of allylic oxidation sites excluding steroid dienone is 1. The summed E-state index contributed by atoms with van der Waals surface area (Å²) in [6.07, 6.45) is 7.10. The molecule has 4 aromatic rings. The second-order valence-corrected chi connectivity index (χ2v) is 9.72. The van der Waals surface area contributed by atoms with Crippen molar-refractivity contribution in [3.63, 3.8) is 0 Å². The third-order valence-electron chi connectivity index (χ3n) is 7.04. The smallest absolute Gasteiger partial charge is 0.252 e. The van der Waals surface area contributed by atoms with E-state index in [1.54, 1.807) is 0 Å². The molecular formula is C29H27N7O2. The highest BCUT2D eigenvalue weighted by Crippen LogP contribution is 2.34. The number of amides is 1. The first-order valence-electron chi connectivity index (χ1n) is 12.8. The Morgan fingerprint density at radius 1 is 1.08 bits per heavy atom. The summed E-state index contributed by atoms with van der Waals surface area (Å²) < 4.78 is 7.74. The molecule has 0 spiro atoms. The molecule has 2 aromatic heterocycles. The van der Waals surface area contributed by atoms with Crippen molar-refractivity contribution >= 4 is 22.8 Å². The molecule has 0 unspecified atom stereocenters. The Bertz CT molecular complexity index is 1550. The van der Waals surface area contributed by atoms with E-state index >= 15 is 0 Å². The van der Waals surface area contributed by atoms with Crippen molar-refractivity contribution in [3.8, 4) is 22.8 Å². The molecule has 1 saturated carbocycles. The van der Waals surface area contributed by atoms with Crippen LogP contribution in [-0.4, -0.2) is 43.1 Å². The Balaban J connectivity index is 1.29. The lowest BCUT2D eigenvalue weighted by Gasteiger charge is -2.24. The second-order valence-electron chi connectivity index (χ2n) is 9.72. The maximum Gasteiger partial charge on any atom is 0.252 e. The zero-order chi connectivity index (χ0) is 26.1. The molecule has 0 bridgehead atoms. The van der Waals surface area contributed by atoms with Gasteiger partial charge >= 0.3 is 0 Å². The van der Waals surface area contributed by atoms with Gasteiger partial charge in [-0.15, -0.1) is 0 Å². The molecule has 2 fully saturated rings. The van der Waals surface area contributed by atoms with Crippen LogP contribution in [0.1, 0.15) is 25.7 Å². The van der Waals surface area contributed by atoms with Crippen LogP contribution in [-0.2, 0) is 11.3 Å². The number of hydrogen-bond acceptors (Lipinski definition) is 6. The number of benzene rings is 2. The number of nitrogens with zero attached hydrogens (tertiary/aromatic N) is 6. The van der Waals surface area contributed by atoms with E-state index in [1.807, 2.05) is 70.3 Å². The van der Waals surface area contributed by atoms with Gasteiger partial charge in [-0.3, -0.25) is 4.79 Å². The van der Waals surface area contributed by atoms with E-state index in [2.05, 4.69) is 14.8 Å². The van der Waals surface area contributed by atoms with Gasteiger partial charge in [0.15, 0.2) is 5.65 Å². The van der Waals surface area contributed by atoms with E-state index in [0.29, 0.717) is 47.3 Å². The number of carbonyl (C=O) groups excluding carboxylic acids is 1. The molecule has 190 valence electrons. The number of anilines is 1. The molecule has 1 aliphatic carbocycles. The Kier molecular flexibility index (Phi) is 6.22. The van der Waals surface area contributed by atoms with Crippen molar-refractivity contribution in [3.05, 3.63) is 84.1 Å². The van der Waals surface area contributed by atoms with Gasteiger partial charge in [-0.25, -0.2) is 19.5 Å². The van der Waals surface area contributed by atoms with Crippen LogP contribution in [0.25, 0.3) is 27.1 Å². The first-order chi connectivity index (χ1) is 18.6. The minimum absolute atomic E-state index is 0.0827. The van der Waals surface area contributed by atoms with Crippen LogP contribution in [0.2, 0.25) is 0 Å². The SMILES string of the molecule is [C-]#[N+]/C(=C\C1CC1)C(=O)N1CCC[C@H]1Cn1nc(-c2ccc(Oc3ccccc3)cc2)c2c(N)ncnc21. The van der Waals surface area contributed by atoms with Gasteiger partial charge in [-0.05, 0) is 68.0 Å². The Morgan fingerprint density at radius 2 is 1.84 bits per heavy atom. The number of para-hydroxylation sites is 1. The zero-order valence-corrected chi connectivity index (χ0v) is 20.8. The number of nitrogens with two attached hydrogens (primary N) is 1. The van der Waals surface area contributed by atoms with Crippen molar-refractivity contribution in [2.24, 2.45) is 5.92 Å². The molecule has 2 aliphatic rings. The van der Waals surface area contributed by atoms with Gasteiger partial charge in [0.2, 0.25) is 5.70 Å². The molecule has 1 aliphatic heterocycles. The molecule has 9 heteroatoms. The van der Waals surface area contributed by atoms with Crippen LogP contribution in [0, 0.1) is 12.5 Å². The van der Waals surface area contributed by atoms with Gasteiger partial charge in [0.05, 0.1) is 24.5 Å². The van der Waals surface area contributed by atoms with Crippen LogP contribution >= 0.6 is 0 Å². The lowest BCUT2D eigenvalue weighted by Crippen LogP contribution is -2.38. The molecule has 1 amide bonds. The van der Waals surface area contributed by atoms with Crippen LogP contribution in [0.3, 0.4) is 0 Å². The third kappa shape index (κ3) is 4.68. The number of hydrogen-bond donors (Lipinski definition) is 1. The number of carbonyl (C=O) groups is 1. The van der Waals surface area contributed by atoms with Crippen molar-refractivity contribution in [2.45, 2.75) is 38.3 Å². The molecule has 9 nitrogen and oxygen atoms in total. The van der Waals surface area contributed by atoms with E-state index in [0.717, 1.165) is 37.0 Å². The summed E-state index contributed by atoms with van der Waals surface area (Å²) in [6, 6.07) is 17.2. The fourth-order valence-electron chi connectivity index (χ4n) is 4.95. The Labute approximate surface area is 220 Å². The highest BCUT2D eigenvalue weighted by Gasteiger charge is 2.33. The largest absolute Gasteiger partial charge is 0.457 e. The fraction of sp³-hybridized carbons (Fsp3) is 0.276. The molecule has 6 rings (SSSR count). The van der Waals surface area contributed by atoms with E-state index in [4.69, 9.17) is 22.1 Å². The van der Waals surface area contributed by atoms with E-state index in [9.17, 15) is 4.79 Å². The average Bonchev–Trinajstić information content (AvgIpc) is 3.52. The fourth-order valence-corrected chi connectivity index (χ4v) is 4.95. The second kappa shape index (κ2) is 9.98. The number of nitrogen functional groups attached to an aromatic ring is 1. The third-order valence-corrected chi connectivity index (χ3v) is 7.04. The van der Waals surface area contributed by atoms with E-state index in [1.165, 1.54) is 6.33 Å². The lowest BCUT2D eigenvalue weighted by molar-refractivity contribution is -0.127. The van der Waals surface area contributed by atoms with E-state index in [-0.39, 0.29) is 17.6 Å². The van der Waals surface area contributed by atoms with Gasteiger partial charge in [0.1, 0.15) is 29.3 Å². The Hall–Kier alpha value is -4.71. The summed E-state index contributed by atoms with van der Waals surface area (Å²) in [5.74, 6) is 2.00. The average molecular weight is 506 g/mol. The predicted octanol–water partition coefficient (Wildman–Crippen LogP) is 5.07. The minimum Gasteiger partial charge on any atom is -0.457 e. The molecule has 0 radical (unpaired) electrons. The number of aromatic nitrogens is 4. The highest BCUT2D eigenvalue weighted by atomic mass is 16.5. The Morgan fingerprint density at radius 3 is 2.58 bits per heavy atom. The van der Waals surface area contributed by atoms with Crippen LogP contribution in [0.4, 0.5) is 5.82 Å². The van der Waals surface area contributed by atoms with E-state index < -0.39 is 0 Å². The standard InChI is InChI=1S/C29H27N7O2/c1-31-24(16-19-9-10-19)29(37)35-15-5-6-21(35)17-36-28-25(27(30)32-18-33-28)26(34-36)20-11-13-23(14-12-20)38-22-7-3-2-4-8-22/h2-4,7-8,11-14,16,18-19,21H,5-6,9-10,15,17H2,(H2,30,32,33)/b24-16-/t21-/m0/s1. The first kappa shape index (κ1) is 23.7. The zero-order valence-electron chi connectivity index (χ0n) is 20.8. The highest BCUT2D eigenvalue weighted by molar-refractivity contribution is 5.98. The number of likely N-dealkylation sites (tertiary alicyclic amines) is 1. The van der Waals surface area contributed by atoms with Crippen molar-refractivity contribution < 1.29 is 9.53 Å². The summed E-state index contributed by atoms with van der Waals surface area (Å²) in [7, 11) is 0. The molecule has 2 aromatic carbocycles. The van der Waals surface area contributed by atoms with Crippen molar-refractivity contribution in [2.75, 3.05) is 12.3 Å². The van der Waals surface area contributed by atoms with Crippen molar-refractivity contribution in [1.82, 2.24) is 24.6 Å². The topological polar surface area (TPSA) is 104 Å². The molecule has 2 N–H and O–H groups in total. The van der Waals surface area contributed by atoms with Gasteiger partial charge < -0.3 is 15.4 Å². The minimum atomic E-state index is -0.186. The molecule has 38 heavy (non-hydrogen) atoms. The van der Waals surface area contributed by atoms with Crippen molar-refractivity contribution in [1.29, 1.82) is 0 Å². The van der Waals surface area contributed by atoms with Gasteiger partial charge in [-0.2, -0.15) is 5.10 Å². The normalized spacial score (nSPS) is 17.5. The monoisotopic (exact) mass is 505 g/mol. The lowest BCUT2D eigenvalue weighted by atomic mass is 10.1. The van der Waals surface area contributed by atoms with Crippen LogP contribution in [0.5, 0.6) is 11.5 Å². The molecule has 1 atom stereocenters. The molecule has 3 heterocycles. The summed E-state index contributed by atoms with van der Waals surface area (Å²) in [5, 5.41) is 5.57. The first-order valence-corrected chi connectivity index (χ1v) is 12.8. The molecular weight excluding hydrogens is 478 g/mol. The van der Waals surface area contributed by atoms with Gasteiger partial charge in [0.25, 0.3) is 5.91 Å². The van der Waals surface area contributed by atoms with Crippen LogP contribution < -0.4 is 10.5 Å². The van der Waals surface area contributed by atoms with Crippen LogP contribution in [0.15, 0.2) is 72.7 Å². The number of ether oxygens (including phenoxy) is 1. The maximum absolute atomic E-state index is 13.2. The maximum atomic E-state index is 13.2. The molecule has 1 saturated heterocycles. The number of fused-ring (bicyclic) bond motifs is 1. The summed E-state index contributed by atoms with van der Waals surface area (Å²) in [5.41, 5.74) is 8.69. The quantitative estimate of drug-likeness (QED) is 0.278. The summed E-state index contributed by atoms with van der Waals surface area (Å²) in [6.45, 7) is 8.62. The summed E-state index contributed by atoms with van der Waals surface area (Å²) >= 11 is 0. The van der Waals surface area contributed by atoms with Gasteiger partial charge in [-0.1, -0.05) is 24.3 Å². The summed E-state index contributed by atoms with van der Waals surface area (Å²) in [4.78, 5) is 27.3. The number of rotatable bonds is 7. The predicted molar refractivity (Wildman–Crippen MR) is 144 cm³/mol.